The van der Waals surface area contributed by atoms with Gasteiger partial charge in [0.15, 0.2) is 5.11 Å². The maximum Gasteiger partial charge on any atom is 0.174 e. The highest BCUT2D eigenvalue weighted by Gasteiger charge is 2.14. The lowest BCUT2D eigenvalue weighted by Crippen LogP contribution is -2.34. The number of nitrogens with zero attached hydrogens (tertiary/aromatic N) is 1. The zero-order chi connectivity index (χ0) is 19.1. The minimum absolute atomic E-state index is 0.756. The monoisotopic (exact) mass is 374 g/mol. The van der Waals surface area contributed by atoms with Gasteiger partial charge in [0.05, 0.1) is 0 Å². The molecule has 27 heavy (non-hydrogen) atoms. The zero-order valence-corrected chi connectivity index (χ0v) is 16.8. The quantitative estimate of drug-likeness (QED) is 0.536. The first-order valence-electron chi connectivity index (χ1n) is 9.39. The average Bonchev–Trinajstić information content (AvgIpc) is 2.70. The van der Waals surface area contributed by atoms with Gasteiger partial charge in [-0.25, -0.2) is 0 Å². The fourth-order valence-corrected chi connectivity index (χ4v) is 3.43. The number of benzene rings is 3. The lowest BCUT2D eigenvalue weighted by Gasteiger charge is -2.27. The lowest BCUT2D eigenvalue weighted by molar-refractivity contribution is 0.413. The molecule has 0 heterocycles. The van der Waals surface area contributed by atoms with E-state index in [1.54, 1.807) is 0 Å². The number of anilines is 1. The number of aryl methyl sites for hydroxylation is 2. The number of nitrogens with one attached hydrogen (secondary N) is 1. The summed E-state index contributed by atoms with van der Waals surface area (Å²) in [7, 11) is 0. The summed E-state index contributed by atoms with van der Waals surface area (Å²) >= 11 is 5.84. The highest BCUT2D eigenvalue weighted by Crippen LogP contribution is 2.22. The van der Waals surface area contributed by atoms with Gasteiger partial charge in [0.25, 0.3) is 0 Å². The summed E-state index contributed by atoms with van der Waals surface area (Å²) < 4.78 is 0. The van der Waals surface area contributed by atoms with Crippen LogP contribution in [0.2, 0.25) is 0 Å². The molecule has 0 saturated heterocycles. The van der Waals surface area contributed by atoms with Crippen LogP contribution in [0.3, 0.4) is 0 Å². The van der Waals surface area contributed by atoms with Crippen LogP contribution in [0.1, 0.15) is 29.2 Å². The third kappa shape index (κ3) is 5.18. The SMILES string of the molecule is CCc1cccc(C)c1NC(=S)N(Cc1ccccc1)Cc1ccccc1. The molecule has 0 spiro atoms. The molecule has 0 aliphatic carbocycles. The molecule has 2 nitrogen and oxygen atoms in total. The number of hydrogen-bond acceptors (Lipinski definition) is 1. The Balaban J connectivity index is 1.84. The molecule has 3 aromatic carbocycles. The molecule has 0 aliphatic heterocycles. The van der Waals surface area contributed by atoms with E-state index in [1.807, 2.05) is 12.1 Å². The van der Waals surface area contributed by atoms with Crippen LogP contribution in [-0.2, 0) is 19.5 Å². The van der Waals surface area contributed by atoms with Crippen LogP contribution in [0, 0.1) is 6.92 Å². The number of para-hydroxylation sites is 1. The summed E-state index contributed by atoms with van der Waals surface area (Å²) in [5.74, 6) is 0. The summed E-state index contributed by atoms with van der Waals surface area (Å²) in [6.45, 7) is 5.85. The van der Waals surface area contributed by atoms with Crippen molar-refractivity contribution in [3.63, 3.8) is 0 Å². The minimum Gasteiger partial charge on any atom is -0.340 e. The molecular formula is C24H26N2S. The second-order valence-electron chi connectivity index (χ2n) is 6.72. The van der Waals surface area contributed by atoms with Crippen LogP contribution in [0.5, 0.6) is 0 Å². The van der Waals surface area contributed by atoms with E-state index in [-0.39, 0.29) is 0 Å². The van der Waals surface area contributed by atoms with Crippen molar-refractivity contribution in [3.8, 4) is 0 Å². The van der Waals surface area contributed by atoms with Gasteiger partial charge in [0.2, 0.25) is 0 Å². The highest BCUT2D eigenvalue weighted by atomic mass is 32.1. The van der Waals surface area contributed by atoms with Gasteiger partial charge in [0.1, 0.15) is 0 Å². The smallest absolute Gasteiger partial charge is 0.174 e. The van der Waals surface area contributed by atoms with E-state index < -0.39 is 0 Å². The Morgan fingerprint density at radius 1 is 0.815 bits per heavy atom. The molecular weight excluding hydrogens is 348 g/mol. The van der Waals surface area contributed by atoms with Gasteiger partial charge in [-0.15, -0.1) is 0 Å². The van der Waals surface area contributed by atoms with Crippen molar-refractivity contribution in [1.29, 1.82) is 0 Å². The van der Waals surface area contributed by atoms with E-state index in [1.165, 1.54) is 22.3 Å². The van der Waals surface area contributed by atoms with Crippen molar-refractivity contribution in [1.82, 2.24) is 4.90 Å². The van der Waals surface area contributed by atoms with Crippen molar-refractivity contribution in [2.45, 2.75) is 33.4 Å². The molecule has 138 valence electrons. The van der Waals surface area contributed by atoms with Crippen LogP contribution in [0.4, 0.5) is 5.69 Å². The first-order chi connectivity index (χ1) is 13.2. The molecule has 0 radical (unpaired) electrons. The van der Waals surface area contributed by atoms with Crippen molar-refractivity contribution in [3.05, 3.63) is 101 Å². The third-order valence-electron chi connectivity index (χ3n) is 4.69. The van der Waals surface area contributed by atoms with Gasteiger partial charge in [-0.05, 0) is 47.8 Å². The summed E-state index contributed by atoms with van der Waals surface area (Å²) in [6.07, 6.45) is 0.976. The van der Waals surface area contributed by atoms with Crippen molar-refractivity contribution in [2.24, 2.45) is 0 Å². The van der Waals surface area contributed by atoms with E-state index in [0.717, 1.165) is 30.3 Å². The van der Waals surface area contributed by atoms with Crippen molar-refractivity contribution >= 4 is 23.0 Å². The maximum absolute atomic E-state index is 5.84. The number of thiocarbonyl (C=S) groups is 1. The molecule has 3 heteroatoms. The molecule has 0 aliphatic rings. The molecule has 3 aromatic rings. The third-order valence-corrected chi connectivity index (χ3v) is 5.05. The van der Waals surface area contributed by atoms with Crippen LogP contribution < -0.4 is 5.32 Å². The van der Waals surface area contributed by atoms with Gasteiger partial charge in [-0.1, -0.05) is 85.8 Å². The molecule has 1 N–H and O–H groups in total. The Hall–Kier alpha value is -2.65. The normalized spacial score (nSPS) is 10.4. The molecule has 0 aromatic heterocycles. The van der Waals surface area contributed by atoms with E-state index in [9.17, 15) is 0 Å². The minimum atomic E-state index is 0.756. The summed E-state index contributed by atoms with van der Waals surface area (Å²) in [4.78, 5) is 2.23. The predicted molar refractivity (Wildman–Crippen MR) is 119 cm³/mol. The molecule has 3 rings (SSSR count). The van der Waals surface area contributed by atoms with Gasteiger partial charge >= 0.3 is 0 Å². The van der Waals surface area contributed by atoms with Crippen molar-refractivity contribution < 1.29 is 0 Å². The first kappa shape index (κ1) is 19.1. The fourth-order valence-electron chi connectivity index (χ4n) is 3.20. The van der Waals surface area contributed by atoms with Crippen LogP contribution in [0.25, 0.3) is 0 Å². The Morgan fingerprint density at radius 3 is 1.89 bits per heavy atom. The number of rotatable bonds is 6. The van der Waals surface area contributed by atoms with Crippen molar-refractivity contribution in [2.75, 3.05) is 5.32 Å². The molecule has 0 bridgehead atoms. The van der Waals surface area contributed by atoms with Gasteiger partial charge in [0, 0.05) is 18.8 Å². The van der Waals surface area contributed by atoms with Gasteiger partial charge in [-0.2, -0.15) is 0 Å². The lowest BCUT2D eigenvalue weighted by atomic mass is 10.1. The average molecular weight is 375 g/mol. The summed E-state index contributed by atoms with van der Waals surface area (Å²) in [5.41, 5.74) is 6.14. The zero-order valence-electron chi connectivity index (χ0n) is 16.0. The molecule has 0 amide bonds. The molecule has 0 saturated carbocycles. The van der Waals surface area contributed by atoms with E-state index in [4.69, 9.17) is 12.2 Å². The molecule has 0 atom stereocenters. The van der Waals surface area contributed by atoms with Gasteiger partial charge < -0.3 is 10.2 Å². The van der Waals surface area contributed by atoms with E-state index in [2.05, 4.69) is 90.8 Å². The summed E-state index contributed by atoms with van der Waals surface area (Å²) in [5, 5.41) is 4.28. The van der Waals surface area contributed by atoms with E-state index >= 15 is 0 Å². The first-order valence-corrected chi connectivity index (χ1v) is 9.80. The second-order valence-corrected chi connectivity index (χ2v) is 7.11. The molecule has 0 fully saturated rings. The van der Waals surface area contributed by atoms with Gasteiger partial charge in [-0.3, -0.25) is 0 Å². The highest BCUT2D eigenvalue weighted by molar-refractivity contribution is 7.80. The van der Waals surface area contributed by atoms with Crippen LogP contribution in [0.15, 0.2) is 78.9 Å². The maximum atomic E-state index is 5.84. The number of hydrogen-bond donors (Lipinski definition) is 1. The Bertz CT molecular complexity index is 834. The Morgan fingerprint density at radius 2 is 1.37 bits per heavy atom. The topological polar surface area (TPSA) is 15.3 Å². The van der Waals surface area contributed by atoms with E-state index in [0.29, 0.717) is 0 Å². The molecule has 0 unspecified atom stereocenters. The second kappa shape index (κ2) is 9.33. The fraction of sp³-hybridized carbons (Fsp3) is 0.208. The van der Waals surface area contributed by atoms with Crippen LogP contribution >= 0.6 is 12.2 Å². The summed E-state index contributed by atoms with van der Waals surface area (Å²) in [6, 6.07) is 27.4. The van der Waals surface area contributed by atoms with Crippen LogP contribution in [-0.4, -0.2) is 10.0 Å². The largest absolute Gasteiger partial charge is 0.340 e. The Kier molecular flexibility index (Phi) is 6.61. The predicted octanol–water partition coefficient (Wildman–Crippen LogP) is 5.96. The Labute approximate surface area is 167 Å². The standard InChI is InChI=1S/C24H26N2S/c1-3-22-16-10-11-19(2)23(22)25-24(27)26(17-20-12-6-4-7-13-20)18-21-14-8-5-9-15-21/h4-16H,3,17-18H2,1-2H3,(H,25,27).